The molecule has 2 aromatic carbocycles. The third kappa shape index (κ3) is 4.39. The van der Waals surface area contributed by atoms with Gasteiger partial charge in [0.15, 0.2) is 10.8 Å². The third-order valence-corrected chi connectivity index (χ3v) is 6.73. The van der Waals surface area contributed by atoms with Gasteiger partial charge in [0.25, 0.3) is 0 Å². The van der Waals surface area contributed by atoms with Crippen LogP contribution in [-0.4, -0.2) is 49.2 Å². The van der Waals surface area contributed by atoms with Crippen molar-refractivity contribution in [3.05, 3.63) is 67.0 Å². The smallest absolute Gasteiger partial charge is 0.234 e. The first-order valence-electron chi connectivity index (χ1n) is 10.1. The van der Waals surface area contributed by atoms with E-state index < -0.39 is 0 Å². The molecule has 5 aromatic rings. The van der Waals surface area contributed by atoms with Crippen molar-refractivity contribution in [1.82, 2.24) is 24.2 Å². The zero-order valence-electron chi connectivity index (χ0n) is 17.9. The number of fused-ring (bicyclic) bond motifs is 3. The van der Waals surface area contributed by atoms with Gasteiger partial charge >= 0.3 is 0 Å². The highest BCUT2D eigenvalue weighted by atomic mass is 32.2. The number of hydrogen-bond donors (Lipinski definition) is 1. The maximum atomic E-state index is 12.4. The maximum Gasteiger partial charge on any atom is 0.234 e. The van der Waals surface area contributed by atoms with E-state index in [1.165, 1.54) is 11.8 Å². The molecule has 1 N–H and O–H groups in total. The lowest BCUT2D eigenvalue weighted by molar-refractivity contribution is -0.113. The number of rotatable bonds is 7. The van der Waals surface area contributed by atoms with Gasteiger partial charge in [0.1, 0.15) is 11.3 Å². The van der Waals surface area contributed by atoms with Crippen LogP contribution >= 0.6 is 23.5 Å². The average molecular weight is 477 g/mol. The fourth-order valence-corrected chi connectivity index (χ4v) is 4.60. The number of carbonyl (C=O) groups excluding carboxylic acids is 1. The Morgan fingerprint density at radius 1 is 1.09 bits per heavy atom. The molecule has 0 aliphatic rings. The highest BCUT2D eigenvalue weighted by Crippen LogP contribution is 2.26. The van der Waals surface area contributed by atoms with Crippen LogP contribution in [0.5, 0.6) is 5.75 Å². The molecule has 3 aromatic heterocycles. The molecule has 5 rings (SSSR count). The number of nitrogens with one attached hydrogen (secondary N) is 1. The normalized spacial score (nSPS) is 11.2. The van der Waals surface area contributed by atoms with Crippen molar-refractivity contribution in [2.75, 3.05) is 24.4 Å². The van der Waals surface area contributed by atoms with E-state index in [1.54, 1.807) is 23.4 Å². The van der Waals surface area contributed by atoms with Crippen molar-refractivity contribution in [2.45, 2.75) is 10.1 Å². The molecule has 0 saturated carbocycles. The van der Waals surface area contributed by atoms with E-state index in [0.717, 1.165) is 33.1 Å². The molecule has 0 atom stereocenters. The average Bonchev–Trinajstić information content (AvgIpc) is 3.47. The minimum Gasteiger partial charge on any atom is -0.497 e. The van der Waals surface area contributed by atoms with Crippen molar-refractivity contribution < 1.29 is 9.53 Å². The van der Waals surface area contributed by atoms with E-state index in [1.807, 2.05) is 77.6 Å². The second-order valence-corrected chi connectivity index (χ2v) is 8.95. The molecule has 0 radical (unpaired) electrons. The Hall–Kier alpha value is -3.50. The van der Waals surface area contributed by atoms with Gasteiger partial charge < -0.3 is 10.1 Å². The van der Waals surface area contributed by atoms with Gasteiger partial charge in [0.05, 0.1) is 18.6 Å². The molecule has 10 heteroatoms. The van der Waals surface area contributed by atoms with Gasteiger partial charge in [0.2, 0.25) is 5.91 Å². The number of ether oxygens (including phenoxy) is 1. The minimum atomic E-state index is -0.0952. The molecule has 3 heterocycles. The summed E-state index contributed by atoms with van der Waals surface area (Å²) < 4.78 is 8.89. The Morgan fingerprint density at radius 3 is 2.73 bits per heavy atom. The molecule has 0 aliphatic heterocycles. The largest absolute Gasteiger partial charge is 0.497 e. The lowest BCUT2D eigenvalue weighted by Gasteiger charge is -2.06. The van der Waals surface area contributed by atoms with Gasteiger partial charge in [-0.1, -0.05) is 17.8 Å². The SMILES string of the molecule is COc1ccc(-c2cc3c4nnc(SCC(=O)Nc5cccc(SC)c5)n4ccn3n2)cc1. The molecule has 33 heavy (non-hydrogen) atoms. The molecule has 1 amide bonds. The lowest BCUT2D eigenvalue weighted by atomic mass is 10.1. The molecule has 0 aliphatic carbocycles. The zero-order valence-corrected chi connectivity index (χ0v) is 19.6. The van der Waals surface area contributed by atoms with Gasteiger partial charge in [-0.3, -0.25) is 9.20 Å². The molecular formula is C23H20N6O2S2. The zero-order chi connectivity index (χ0) is 22.8. The Balaban J connectivity index is 1.34. The summed E-state index contributed by atoms with van der Waals surface area (Å²) in [4.78, 5) is 13.5. The monoisotopic (exact) mass is 476 g/mol. The van der Waals surface area contributed by atoms with Crippen LogP contribution in [0, 0.1) is 0 Å². The summed E-state index contributed by atoms with van der Waals surface area (Å²) in [5.41, 5.74) is 4.11. The summed E-state index contributed by atoms with van der Waals surface area (Å²) in [6.45, 7) is 0. The summed E-state index contributed by atoms with van der Waals surface area (Å²) in [5.74, 6) is 0.929. The fourth-order valence-electron chi connectivity index (χ4n) is 3.42. The van der Waals surface area contributed by atoms with Crippen LogP contribution in [0.2, 0.25) is 0 Å². The maximum absolute atomic E-state index is 12.4. The van der Waals surface area contributed by atoms with Crippen molar-refractivity contribution in [1.29, 1.82) is 0 Å². The summed E-state index contributed by atoms with van der Waals surface area (Å²) >= 11 is 2.97. The standard InChI is InChI=1S/C23H20N6O2S2/c1-31-17-8-6-15(7-9-17)19-13-20-22-25-26-23(28(22)10-11-29(20)27-19)33-14-21(30)24-16-4-3-5-18(12-16)32-2/h3-13H,14H2,1-2H3,(H,24,30). The number of nitrogens with zero attached hydrogens (tertiary/aromatic N) is 5. The molecule has 0 bridgehead atoms. The fraction of sp³-hybridized carbons (Fsp3) is 0.130. The first kappa shape index (κ1) is 21.4. The first-order valence-corrected chi connectivity index (χ1v) is 12.3. The Bertz CT molecular complexity index is 1440. The number of aromatic nitrogens is 5. The van der Waals surface area contributed by atoms with Gasteiger partial charge in [0, 0.05) is 28.5 Å². The summed E-state index contributed by atoms with van der Waals surface area (Å²) in [5, 5.41) is 16.9. The predicted octanol–water partition coefficient (Wildman–Crippen LogP) is 4.51. The van der Waals surface area contributed by atoms with E-state index in [4.69, 9.17) is 4.74 Å². The number of thioether (sulfide) groups is 2. The Labute approximate surface area is 198 Å². The Morgan fingerprint density at radius 2 is 1.94 bits per heavy atom. The van der Waals surface area contributed by atoms with E-state index in [9.17, 15) is 4.79 Å². The number of benzene rings is 2. The van der Waals surface area contributed by atoms with Gasteiger partial charge in [-0.25, -0.2) is 4.52 Å². The number of carbonyl (C=O) groups is 1. The lowest BCUT2D eigenvalue weighted by Crippen LogP contribution is -2.14. The molecule has 0 unspecified atom stereocenters. The summed E-state index contributed by atoms with van der Waals surface area (Å²) in [6, 6.07) is 17.5. The quantitative estimate of drug-likeness (QED) is 0.346. The topological polar surface area (TPSA) is 85.8 Å². The second kappa shape index (κ2) is 9.16. The number of anilines is 1. The number of hydrogen-bond acceptors (Lipinski definition) is 7. The highest BCUT2D eigenvalue weighted by Gasteiger charge is 2.14. The molecule has 166 valence electrons. The second-order valence-electron chi connectivity index (χ2n) is 7.13. The van der Waals surface area contributed by atoms with Gasteiger partial charge in [-0.2, -0.15) is 5.10 Å². The van der Waals surface area contributed by atoms with Crippen molar-refractivity contribution in [2.24, 2.45) is 0 Å². The van der Waals surface area contributed by atoms with Crippen LogP contribution in [0.25, 0.3) is 22.4 Å². The van der Waals surface area contributed by atoms with E-state index in [2.05, 4.69) is 20.6 Å². The van der Waals surface area contributed by atoms with E-state index in [0.29, 0.717) is 10.8 Å². The summed E-state index contributed by atoms with van der Waals surface area (Å²) in [7, 11) is 1.64. The van der Waals surface area contributed by atoms with Crippen molar-refractivity contribution in [3.63, 3.8) is 0 Å². The molecule has 8 nitrogen and oxygen atoms in total. The van der Waals surface area contributed by atoms with Crippen molar-refractivity contribution >= 4 is 46.3 Å². The predicted molar refractivity (Wildman–Crippen MR) is 131 cm³/mol. The van der Waals surface area contributed by atoms with Crippen LogP contribution in [0.3, 0.4) is 0 Å². The number of amides is 1. The van der Waals surface area contributed by atoms with E-state index >= 15 is 0 Å². The molecular weight excluding hydrogens is 456 g/mol. The molecule has 0 spiro atoms. The van der Waals surface area contributed by atoms with Crippen molar-refractivity contribution in [3.8, 4) is 17.0 Å². The minimum absolute atomic E-state index is 0.0952. The van der Waals surface area contributed by atoms with E-state index in [-0.39, 0.29) is 11.7 Å². The van der Waals surface area contributed by atoms with Crippen LogP contribution in [0.15, 0.2) is 77.0 Å². The molecule has 0 saturated heterocycles. The Kier molecular flexibility index (Phi) is 5.93. The highest BCUT2D eigenvalue weighted by molar-refractivity contribution is 7.99. The summed E-state index contributed by atoms with van der Waals surface area (Å²) in [6.07, 6.45) is 5.72. The van der Waals surface area contributed by atoms with Crippen LogP contribution in [-0.2, 0) is 4.79 Å². The van der Waals surface area contributed by atoms with Crippen LogP contribution in [0.4, 0.5) is 5.69 Å². The number of methoxy groups -OCH3 is 1. The molecule has 0 fully saturated rings. The van der Waals surface area contributed by atoms with Crippen LogP contribution < -0.4 is 10.1 Å². The first-order chi connectivity index (χ1) is 16.1. The van der Waals surface area contributed by atoms with Gasteiger partial charge in [-0.05, 0) is 54.8 Å². The van der Waals surface area contributed by atoms with Crippen LogP contribution in [0.1, 0.15) is 0 Å². The third-order valence-electron chi connectivity index (χ3n) is 5.06. The van der Waals surface area contributed by atoms with Gasteiger partial charge in [-0.15, -0.1) is 22.0 Å².